The minimum atomic E-state index is -0.0491. The molecule has 5 atom stereocenters. The third-order valence-electron chi connectivity index (χ3n) is 6.68. The minimum Gasteiger partial charge on any atom is -0.469 e. The standard InChI is InChI=1S/C22H33NO2/c1-4-5-11-17-13-21-19(15-22(24)25-3)18(14-20(17)23(21)2)12-16-9-7-6-8-10-16/h6-10,17-21H,4-5,11-15H2,1-3H3/t17-,18+,19-,20-,21-/m1/s1. The van der Waals surface area contributed by atoms with E-state index in [1.807, 2.05) is 0 Å². The van der Waals surface area contributed by atoms with Gasteiger partial charge >= 0.3 is 5.97 Å². The van der Waals surface area contributed by atoms with Gasteiger partial charge < -0.3 is 4.74 Å². The number of nitrogens with zero attached hydrogens (tertiary/aromatic N) is 1. The fourth-order valence-electron chi connectivity index (χ4n) is 5.35. The Morgan fingerprint density at radius 3 is 2.56 bits per heavy atom. The van der Waals surface area contributed by atoms with Crippen molar-refractivity contribution in [2.45, 2.75) is 64.0 Å². The van der Waals surface area contributed by atoms with Gasteiger partial charge in [0, 0.05) is 12.1 Å². The molecule has 3 heteroatoms. The quantitative estimate of drug-likeness (QED) is 0.691. The molecule has 0 aromatic heterocycles. The van der Waals surface area contributed by atoms with Crippen LogP contribution in [0.4, 0.5) is 0 Å². The Hall–Kier alpha value is -1.35. The van der Waals surface area contributed by atoms with Crippen LogP contribution in [0.3, 0.4) is 0 Å². The van der Waals surface area contributed by atoms with Crippen LogP contribution in [0.2, 0.25) is 0 Å². The summed E-state index contributed by atoms with van der Waals surface area (Å²) in [6.45, 7) is 2.28. The lowest BCUT2D eigenvalue weighted by atomic mass is 9.75. The maximum atomic E-state index is 12.1. The fraction of sp³-hybridized carbons (Fsp3) is 0.682. The average Bonchev–Trinajstić information content (AvgIpc) is 2.84. The largest absolute Gasteiger partial charge is 0.469 e. The molecule has 0 saturated carbocycles. The van der Waals surface area contributed by atoms with E-state index in [0.717, 1.165) is 12.3 Å². The van der Waals surface area contributed by atoms with Gasteiger partial charge in [0.15, 0.2) is 0 Å². The lowest BCUT2D eigenvalue weighted by molar-refractivity contribution is -0.143. The zero-order chi connectivity index (χ0) is 17.8. The summed E-state index contributed by atoms with van der Waals surface area (Å²) in [6, 6.07) is 12.0. The van der Waals surface area contributed by atoms with Crippen LogP contribution in [0.5, 0.6) is 0 Å². The Balaban J connectivity index is 1.78. The zero-order valence-electron chi connectivity index (χ0n) is 16.0. The van der Waals surface area contributed by atoms with E-state index in [4.69, 9.17) is 4.74 Å². The van der Waals surface area contributed by atoms with Crippen molar-refractivity contribution in [3.63, 3.8) is 0 Å². The van der Waals surface area contributed by atoms with E-state index in [2.05, 4.69) is 49.2 Å². The lowest BCUT2D eigenvalue weighted by Crippen LogP contribution is -2.48. The minimum absolute atomic E-state index is 0.0491. The maximum absolute atomic E-state index is 12.1. The molecule has 0 radical (unpaired) electrons. The molecule has 3 rings (SSSR count). The van der Waals surface area contributed by atoms with Gasteiger partial charge in [0.25, 0.3) is 0 Å². The Morgan fingerprint density at radius 2 is 1.88 bits per heavy atom. The number of hydrogen-bond donors (Lipinski definition) is 0. The van der Waals surface area contributed by atoms with Gasteiger partial charge in [-0.1, -0.05) is 50.1 Å². The summed E-state index contributed by atoms with van der Waals surface area (Å²) in [5.41, 5.74) is 1.40. The van der Waals surface area contributed by atoms with Gasteiger partial charge in [-0.25, -0.2) is 0 Å². The maximum Gasteiger partial charge on any atom is 0.305 e. The van der Waals surface area contributed by atoms with E-state index in [0.29, 0.717) is 30.3 Å². The van der Waals surface area contributed by atoms with Crippen LogP contribution in [-0.4, -0.2) is 37.1 Å². The second kappa shape index (κ2) is 8.35. The van der Waals surface area contributed by atoms with E-state index in [-0.39, 0.29) is 5.97 Å². The van der Waals surface area contributed by atoms with E-state index in [1.54, 1.807) is 0 Å². The van der Waals surface area contributed by atoms with Crippen molar-refractivity contribution in [1.82, 2.24) is 4.90 Å². The lowest BCUT2D eigenvalue weighted by Gasteiger charge is -2.43. The highest BCUT2D eigenvalue weighted by atomic mass is 16.5. The summed E-state index contributed by atoms with van der Waals surface area (Å²) < 4.78 is 5.03. The van der Waals surface area contributed by atoms with Gasteiger partial charge in [-0.2, -0.15) is 0 Å². The first-order valence-electron chi connectivity index (χ1n) is 9.96. The third kappa shape index (κ3) is 4.08. The molecule has 3 nitrogen and oxygen atoms in total. The molecule has 1 aromatic rings. The van der Waals surface area contributed by atoms with Gasteiger partial charge in [0.1, 0.15) is 0 Å². The van der Waals surface area contributed by atoms with Crippen LogP contribution in [0.15, 0.2) is 30.3 Å². The van der Waals surface area contributed by atoms with Crippen molar-refractivity contribution in [3.05, 3.63) is 35.9 Å². The van der Waals surface area contributed by atoms with Gasteiger partial charge in [0.05, 0.1) is 13.5 Å². The number of methoxy groups -OCH3 is 1. The topological polar surface area (TPSA) is 29.5 Å². The number of fused-ring (bicyclic) bond motifs is 2. The van der Waals surface area contributed by atoms with Crippen molar-refractivity contribution < 1.29 is 9.53 Å². The van der Waals surface area contributed by atoms with Crippen LogP contribution in [0.25, 0.3) is 0 Å². The Bertz CT molecular complexity index is 558. The van der Waals surface area contributed by atoms with Crippen molar-refractivity contribution in [3.8, 4) is 0 Å². The highest BCUT2D eigenvalue weighted by molar-refractivity contribution is 5.69. The van der Waals surface area contributed by atoms with E-state index in [1.165, 1.54) is 44.8 Å². The molecule has 25 heavy (non-hydrogen) atoms. The van der Waals surface area contributed by atoms with Crippen LogP contribution < -0.4 is 0 Å². The van der Waals surface area contributed by atoms with Crippen LogP contribution >= 0.6 is 0 Å². The summed E-state index contributed by atoms with van der Waals surface area (Å²) in [7, 11) is 3.80. The molecule has 2 heterocycles. The second-order valence-corrected chi connectivity index (χ2v) is 8.07. The molecule has 0 unspecified atom stereocenters. The van der Waals surface area contributed by atoms with E-state index >= 15 is 0 Å². The number of carbonyl (C=O) groups excluding carboxylic acids is 1. The highest BCUT2D eigenvalue weighted by Crippen LogP contribution is 2.48. The molecule has 1 aromatic carbocycles. The zero-order valence-corrected chi connectivity index (χ0v) is 16.0. The molecule has 2 aliphatic rings. The summed E-state index contributed by atoms with van der Waals surface area (Å²) in [6.07, 6.45) is 8.07. The van der Waals surface area contributed by atoms with Gasteiger partial charge in [-0.15, -0.1) is 0 Å². The van der Waals surface area contributed by atoms with Crippen molar-refractivity contribution in [2.75, 3.05) is 14.2 Å². The molecule has 2 aliphatic heterocycles. The predicted molar refractivity (Wildman–Crippen MR) is 101 cm³/mol. The molecule has 0 spiro atoms. The smallest absolute Gasteiger partial charge is 0.305 e. The van der Waals surface area contributed by atoms with Crippen LogP contribution in [0.1, 0.15) is 51.0 Å². The monoisotopic (exact) mass is 343 g/mol. The number of carbonyl (C=O) groups is 1. The molecule has 138 valence electrons. The van der Waals surface area contributed by atoms with Gasteiger partial charge in [-0.05, 0) is 56.0 Å². The molecular formula is C22H33NO2. The van der Waals surface area contributed by atoms with E-state index < -0.39 is 0 Å². The second-order valence-electron chi connectivity index (χ2n) is 8.07. The molecule has 2 bridgehead atoms. The summed E-state index contributed by atoms with van der Waals surface area (Å²) in [4.78, 5) is 14.7. The van der Waals surface area contributed by atoms with Crippen LogP contribution in [0, 0.1) is 17.8 Å². The van der Waals surface area contributed by atoms with Crippen molar-refractivity contribution >= 4 is 5.97 Å². The number of piperidine rings is 1. The Kier molecular flexibility index (Phi) is 6.16. The first kappa shape index (κ1) is 18.4. The highest BCUT2D eigenvalue weighted by Gasteiger charge is 2.50. The Morgan fingerprint density at radius 1 is 1.16 bits per heavy atom. The molecule has 0 N–H and O–H groups in total. The average molecular weight is 344 g/mol. The SMILES string of the molecule is CCCC[C@@H]1C[C@@H]2[C@H](CC(=O)OC)[C@@H](Cc3ccccc3)C[C@H]1N2C. The number of ether oxygens (including phenoxy) is 1. The molecule has 0 amide bonds. The normalized spacial score (nSPS) is 31.9. The van der Waals surface area contributed by atoms with Crippen molar-refractivity contribution in [1.29, 1.82) is 0 Å². The summed E-state index contributed by atoms with van der Waals surface area (Å²) in [5, 5.41) is 0. The number of esters is 1. The summed E-state index contributed by atoms with van der Waals surface area (Å²) in [5.74, 6) is 1.75. The predicted octanol–water partition coefficient (Wildman–Crippen LogP) is 4.31. The molecular weight excluding hydrogens is 310 g/mol. The first-order valence-corrected chi connectivity index (χ1v) is 9.96. The molecule has 2 fully saturated rings. The number of unbranched alkanes of at least 4 members (excludes halogenated alkanes) is 1. The Labute approximate surface area is 152 Å². The van der Waals surface area contributed by atoms with Gasteiger partial charge in [0.2, 0.25) is 0 Å². The van der Waals surface area contributed by atoms with E-state index in [9.17, 15) is 4.79 Å². The number of hydrogen-bond acceptors (Lipinski definition) is 3. The number of rotatable bonds is 7. The number of benzene rings is 1. The summed E-state index contributed by atoms with van der Waals surface area (Å²) >= 11 is 0. The fourth-order valence-corrected chi connectivity index (χ4v) is 5.35. The van der Waals surface area contributed by atoms with Gasteiger partial charge in [-0.3, -0.25) is 9.69 Å². The van der Waals surface area contributed by atoms with Crippen LogP contribution in [-0.2, 0) is 16.0 Å². The first-order chi connectivity index (χ1) is 12.1. The molecule has 2 saturated heterocycles. The molecule has 0 aliphatic carbocycles. The third-order valence-corrected chi connectivity index (χ3v) is 6.68. The van der Waals surface area contributed by atoms with Crippen molar-refractivity contribution in [2.24, 2.45) is 17.8 Å².